The summed E-state index contributed by atoms with van der Waals surface area (Å²) in [5, 5.41) is 2.23. The minimum absolute atomic E-state index is 0.106. The van der Waals surface area contributed by atoms with Crippen LogP contribution in [0.4, 0.5) is 10.5 Å². The molecule has 0 saturated carbocycles. The fourth-order valence-electron chi connectivity index (χ4n) is 2.95. The van der Waals surface area contributed by atoms with E-state index in [9.17, 15) is 19.2 Å². The lowest BCUT2D eigenvalue weighted by Crippen LogP contribution is -2.36. The predicted molar refractivity (Wildman–Crippen MR) is 125 cm³/mol. The first-order valence-corrected chi connectivity index (χ1v) is 11.1. The van der Waals surface area contributed by atoms with Gasteiger partial charge in [0.25, 0.3) is 11.1 Å². The van der Waals surface area contributed by atoms with Crippen molar-refractivity contribution in [3.63, 3.8) is 0 Å². The smallest absolute Gasteiger partial charge is 0.339 e. The topological polar surface area (TPSA) is 92.8 Å². The molecule has 0 unspecified atom stereocenters. The molecule has 3 rings (SSSR count). The molecule has 0 aliphatic carbocycles. The molecule has 0 aromatic heterocycles. The lowest BCUT2D eigenvalue weighted by molar-refractivity contribution is -0.127. The van der Waals surface area contributed by atoms with E-state index in [2.05, 4.69) is 5.32 Å². The highest BCUT2D eigenvalue weighted by Gasteiger charge is 2.36. The highest BCUT2D eigenvalue weighted by Crippen LogP contribution is 2.32. The van der Waals surface area contributed by atoms with E-state index < -0.39 is 29.6 Å². The van der Waals surface area contributed by atoms with Crippen LogP contribution in [0.5, 0.6) is 0 Å². The molecule has 7 nitrogen and oxygen atoms in total. The zero-order valence-electron chi connectivity index (χ0n) is 17.5. The standard InChI is InChI=1S/C23H21ClN2O5S/c1-3-14-5-7-15(8-6-14)11-19-21(28)26(23(30)32-19)13-20(27)25-16-9-10-18(24)17(12-16)22(29)31-4-2/h5-12H,3-4,13H2,1-2H3,(H,25,27)/b19-11-. The van der Waals surface area contributed by atoms with E-state index in [1.807, 2.05) is 31.2 Å². The molecular weight excluding hydrogens is 452 g/mol. The predicted octanol–water partition coefficient (Wildman–Crippen LogP) is 4.75. The van der Waals surface area contributed by atoms with Gasteiger partial charge in [-0.1, -0.05) is 42.8 Å². The number of esters is 1. The molecular formula is C23H21ClN2O5S. The minimum Gasteiger partial charge on any atom is -0.462 e. The van der Waals surface area contributed by atoms with Crippen molar-refractivity contribution in [1.82, 2.24) is 4.90 Å². The molecule has 0 spiro atoms. The lowest BCUT2D eigenvalue weighted by atomic mass is 10.1. The fourth-order valence-corrected chi connectivity index (χ4v) is 3.98. The van der Waals surface area contributed by atoms with Crippen molar-refractivity contribution in [3.8, 4) is 0 Å². The Morgan fingerprint density at radius 2 is 1.84 bits per heavy atom. The van der Waals surface area contributed by atoms with Crippen molar-refractivity contribution in [3.05, 3.63) is 69.1 Å². The largest absolute Gasteiger partial charge is 0.462 e. The Hall–Kier alpha value is -3.10. The summed E-state index contributed by atoms with van der Waals surface area (Å²) >= 11 is 6.81. The third-order valence-corrected chi connectivity index (χ3v) is 5.84. The van der Waals surface area contributed by atoms with Gasteiger partial charge < -0.3 is 10.1 Å². The molecule has 1 aliphatic rings. The first-order valence-electron chi connectivity index (χ1n) is 9.93. The number of imide groups is 1. The fraction of sp³-hybridized carbons (Fsp3) is 0.217. The maximum absolute atomic E-state index is 12.6. The molecule has 1 aliphatic heterocycles. The van der Waals surface area contributed by atoms with Crippen molar-refractivity contribution in [2.24, 2.45) is 0 Å². The quantitative estimate of drug-likeness (QED) is 0.461. The lowest BCUT2D eigenvalue weighted by Gasteiger charge is -2.13. The van der Waals surface area contributed by atoms with Crippen LogP contribution in [0.15, 0.2) is 47.4 Å². The number of carbonyl (C=O) groups excluding carboxylic acids is 4. The Morgan fingerprint density at radius 1 is 1.12 bits per heavy atom. The Balaban J connectivity index is 1.68. The number of amides is 3. The van der Waals surface area contributed by atoms with Crippen LogP contribution < -0.4 is 5.32 Å². The summed E-state index contributed by atoms with van der Waals surface area (Å²) in [6.07, 6.45) is 2.54. The summed E-state index contributed by atoms with van der Waals surface area (Å²) in [5.74, 6) is -1.73. The van der Waals surface area contributed by atoms with Crippen LogP contribution in [-0.2, 0) is 20.7 Å². The number of aryl methyl sites for hydroxylation is 1. The monoisotopic (exact) mass is 472 g/mol. The average Bonchev–Trinajstić information content (AvgIpc) is 3.03. The van der Waals surface area contributed by atoms with Crippen molar-refractivity contribution in [2.75, 3.05) is 18.5 Å². The highest BCUT2D eigenvalue weighted by atomic mass is 35.5. The minimum atomic E-state index is -0.614. The Morgan fingerprint density at radius 3 is 2.50 bits per heavy atom. The van der Waals surface area contributed by atoms with Crippen molar-refractivity contribution >= 4 is 58.1 Å². The van der Waals surface area contributed by atoms with E-state index in [0.29, 0.717) is 5.69 Å². The van der Waals surface area contributed by atoms with Crippen LogP contribution in [-0.4, -0.2) is 41.1 Å². The molecule has 1 heterocycles. The van der Waals surface area contributed by atoms with E-state index in [1.54, 1.807) is 13.0 Å². The van der Waals surface area contributed by atoms with Gasteiger partial charge in [-0.05, 0) is 60.5 Å². The summed E-state index contributed by atoms with van der Waals surface area (Å²) in [6, 6.07) is 12.0. The van der Waals surface area contributed by atoms with E-state index in [4.69, 9.17) is 16.3 Å². The SMILES string of the molecule is CCOC(=O)c1cc(NC(=O)CN2C(=O)S/C(=C\c3ccc(CC)cc3)C2=O)ccc1Cl. The molecule has 32 heavy (non-hydrogen) atoms. The first kappa shape index (κ1) is 23.6. The molecule has 1 saturated heterocycles. The van der Waals surface area contributed by atoms with Gasteiger partial charge in [0.2, 0.25) is 5.91 Å². The van der Waals surface area contributed by atoms with E-state index in [0.717, 1.165) is 28.6 Å². The number of anilines is 1. The third-order valence-electron chi connectivity index (χ3n) is 4.61. The number of halogens is 1. The number of ether oxygens (including phenoxy) is 1. The Bertz CT molecular complexity index is 1100. The summed E-state index contributed by atoms with van der Waals surface area (Å²) in [5.41, 5.74) is 2.36. The van der Waals surface area contributed by atoms with Crippen LogP contribution >= 0.6 is 23.4 Å². The van der Waals surface area contributed by atoms with Gasteiger partial charge >= 0.3 is 5.97 Å². The Kier molecular flexibility index (Phi) is 7.71. The van der Waals surface area contributed by atoms with Crippen LogP contribution in [0.25, 0.3) is 6.08 Å². The van der Waals surface area contributed by atoms with Crippen LogP contribution in [0.1, 0.15) is 35.3 Å². The second kappa shape index (κ2) is 10.5. The van der Waals surface area contributed by atoms with Crippen LogP contribution in [0.3, 0.4) is 0 Å². The zero-order chi connectivity index (χ0) is 23.3. The molecule has 0 atom stereocenters. The summed E-state index contributed by atoms with van der Waals surface area (Å²) in [4.78, 5) is 50.5. The maximum atomic E-state index is 12.6. The normalized spacial score (nSPS) is 14.7. The first-order chi connectivity index (χ1) is 15.3. The van der Waals surface area contributed by atoms with Gasteiger partial charge in [0.1, 0.15) is 6.54 Å². The average molecular weight is 473 g/mol. The molecule has 0 radical (unpaired) electrons. The van der Waals surface area contributed by atoms with E-state index in [-0.39, 0.29) is 22.1 Å². The highest BCUT2D eigenvalue weighted by molar-refractivity contribution is 8.18. The molecule has 0 bridgehead atoms. The molecule has 166 valence electrons. The molecule has 1 N–H and O–H groups in total. The van der Waals surface area contributed by atoms with Gasteiger partial charge in [-0.3, -0.25) is 19.3 Å². The zero-order valence-corrected chi connectivity index (χ0v) is 19.1. The van der Waals surface area contributed by atoms with Crippen molar-refractivity contribution < 1.29 is 23.9 Å². The van der Waals surface area contributed by atoms with E-state index >= 15 is 0 Å². The summed E-state index contributed by atoms with van der Waals surface area (Å²) in [6.45, 7) is 3.45. The van der Waals surface area contributed by atoms with Crippen LogP contribution in [0, 0.1) is 0 Å². The number of hydrogen-bond donors (Lipinski definition) is 1. The van der Waals surface area contributed by atoms with Gasteiger partial charge in [0.05, 0.1) is 22.1 Å². The number of thioether (sulfide) groups is 1. The second-order valence-electron chi connectivity index (χ2n) is 6.83. The van der Waals surface area contributed by atoms with Gasteiger partial charge in [-0.2, -0.15) is 0 Å². The second-order valence-corrected chi connectivity index (χ2v) is 8.23. The number of nitrogens with zero attached hydrogens (tertiary/aromatic N) is 1. The van der Waals surface area contributed by atoms with Crippen molar-refractivity contribution in [1.29, 1.82) is 0 Å². The van der Waals surface area contributed by atoms with E-state index in [1.165, 1.54) is 23.8 Å². The molecule has 2 aromatic carbocycles. The molecule has 1 fully saturated rings. The molecule has 3 amide bonds. The number of rotatable bonds is 7. The van der Waals surface area contributed by atoms with Crippen LogP contribution in [0.2, 0.25) is 5.02 Å². The number of carbonyl (C=O) groups is 4. The van der Waals surface area contributed by atoms with Gasteiger partial charge in [0.15, 0.2) is 0 Å². The summed E-state index contributed by atoms with van der Waals surface area (Å²) < 4.78 is 4.94. The molecule has 9 heteroatoms. The van der Waals surface area contributed by atoms with Gasteiger partial charge in [-0.15, -0.1) is 0 Å². The van der Waals surface area contributed by atoms with Gasteiger partial charge in [-0.25, -0.2) is 4.79 Å². The Labute approximate surface area is 194 Å². The van der Waals surface area contributed by atoms with Gasteiger partial charge in [0, 0.05) is 5.69 Å². The number of nitrogens with one attached hydrogen (secondary N) is 1. The number of hydrogen-bond acceptors (Lipinski definition) is 6. The maximum Gasteiger partial charge on any atom is 0.339 e. The molecule has 2 aromatic rings. The number of benzene rings is 2. The van der Waals surface area contributed by atoms with Crippen molar-refractivity contribution in [2.45, 2.75) is 20.3 Å². The third kappa shape index (κ3) is 5.57. The summed E-state index contributed by atoms with van der Waals surface area (Å²) in [7, 11) is 0.